The average Bonchev–Trinajstić information content (AvgIpc) is 3.22. The number of sulfonamides is 1. The summed E-state index contributed by atoms with van der Waals surface area (Å²) in [6, 6.07) is 11.9. The number of nitrogens with zero attached hydrogens (tertiary/aromatic N) is 2. The Hall–Kier alpha value is -3.07. The molecule has 7 nitrogen and oxygen atoms in total. The molecule has 3 unspecified atom stereocenters. The molecular weight excluding hydrogens is 421 g/mol. The molecule has 3 atom stereocenters. The van der Waals surface area contributed by atoms with E-state index in [9.17, 15) is 22.4 Å². The van der Waals surface area contributed by atoms with Crippen LogP contribution >= 0.6 is 0 Å². The van der Waals surface area contributed by atoms with E-state index in [0.717, 1.165) is 12.0 Å². The monoisotopic (exact) mass is 441 g/mol. The first kappa shape index (κ1) is 19.9. The van der Waals surface area contributed by atoms with Crippen LogP contribution < -0.4 is 5.32 Å². The van der Waals surface area contributed by atoms with Gasteiger partial charge in [0, 0.05) is 18.5 Å². The predicted molar refractivity (Wildman–Crippen MR) is 111 cm³/mol. The standard InChI is InChI=1S/C22H20FN3O4S/c23-14-10-8-13(9-11-14)12-26-17-6-3-4-15(17)20(27)19(22(26)28)21-24-16-5-1-2-7-18(16)31(29,30)25-21/h1-2,5,7-11,15,17,19H,3-4,6,12H2,(H,24,25). The highest BCUT2D eigenvalue weighted by Crippen LogP contribution is 2.40. The quantitative estimate of drug-likeness (QED) is 0.739. The van der Waals surface area contributed by atoms with Crippen molar-refractivity contribution in [1.29, 1.82) is 0 Å². The van der Waals surface area contributed by atoms with E-state index in [2.05, 4.69) is 9.71 Å². The third-order valence-corrected chi connectivity index (χ3v) is 7.59. The summed E-state index contributed by atoms with van der Waals surface area (Å²) in [5.74, 6) is -2.95. The number of para-hydroxylation sites is 1. The van der Waals surface area contributed by atoms with Crippen LogP contribution in [0, 0.1) is 17.7 Å². The van der Waals surface area contributed by atoms with Crippen molar-refractivity contribution in [3.63, 3.8) is 0 Å². The zero-order valence-electron chi connectivity index (χ0n) is 16.5. The first-order valence-corrected chi connectivity index (χ1v) is 11.6. The van der Waals surface area contributed by atoms with Crippen LogP contribution in [0.5, 0.6) is 0 Å². The van der Waals surface area contributed by atoms with Gasteiger partial charge in [0.1, 0.15) is 16.5 Å². The fraction of sp³-hybridized carbons (Fsp3) is 0.318. The van der Waals surface area contributed by atoms with Crippen molar-refractivity contribution in [1.82, 2.24) is 4.90 Å². The number of carbonyl (C=O) groups excluding carboxylic acids is 2. The third kappa shape index (κ3) is 3.33. The molecule has 2 aromatic carbocycles. The number of Topliss-reactive ketones (excluding diaryl/α,β-unsaturated/α-hetero) is 1. The Kier molecular flexibility index (Phi) is 4.65. The predicted octanol–water partition coefficient (Wildman–Crippen LogP) is 2.73. The summed E-state index contributed by atoms with van der Waals surface area (Å²) in [6.45, 7) is 0.223. The molecule has 31 heavy (non-hydrogen) atoms. The third-order valence-electron chi connectivity index (χ3n) is 6.25. The lowest BCUT2D eigenvalue weighted by Gasteiger charge is -2.41. The molecule has 2 fully saturated rings. The van der Waals surface area contributed by atoms with Crippen molar-refractivity contribution in [2.45, 2.75) is 36.7 Å². The maximum Gasteiger partial charge on any atom is 0.286 e. The first-order chi connectivity index (χ1) is 14.8. The summed E-state index contributed by atoms with van der Waals surface area (Å²) < 4.78 is 42.5. The molecule has 0 radical (unpaired) electrons. The van der Waals surface area contributed by atoms with Crippen LogP contribution in [0.25, 0.3) is 0 Å². The molecule has 1 saturated carbocycles. The van der Waals surface area contributed by atoms with Crippen LogP contribution in [0.3, 0.4) is 0 Å². The van der Waals surface area contributed by atoms with Gasteiger partial charge in [-0.3, -0.25) is 9.59 Å². The normalized spacial score (nSPS) is 26.7. The minimum absolute atomic E-state index is 0.0105. The van der Waals surface area contributed by atoms with Gasteiger partial charge in [-0.05, 0) is 42.7 Å². The van der Waals surface area contributed by atoms with Gasteiger partial charge in [-0.25, -0.2) is 4.39 Å². The van der Waals surface area contributed by atoms with Crippen LogP contribution in [-0.4, -0.2) is 36.9 Å². The maximum absolute atomic E-state index is 13.5. The molecule has 1 N–H and O–H groups in total. The highest BCUT2D eigenvalue weighted by molar-refractivity contribution is 7.90. The van der Waals surface area contributed by atoms with Gasteiger partial charge in [0.15, 0.2) is 11.7 Å². The van der Waals surface area contributed by atoms with Crippen LogP contribution in [0.4, 0.5) is 10.1 Å². The number of rotatable bonds is 3. The lowest BCUT2D eigenvalue weighted by atomic mass is 9.81. The SMILES string of the molecule is O=C1C(C2=NS(=O)(=O)c3ccccc3N2)C(=O)N(Cc2ccc(F)cc2)C2CCCC12. The molecule has 2 aliphatic heterocycles. The fourth-order valence-electron chi connectivity index (χ4n) is 4.80. The minimum atomic E-state index is -4.03. The van der Waals surface area contributed by atoms with Gasteiger partial charge in [0.05, 0.1) is 5.69 Å². The highest BCUT2D eigenvalue weighted by atomic mass is 32.2. The Morgan fingerprint density at radius 3 is 2.58 bits per heavy atom. The second-order valence-corrected chi connectivity index (χ2v) is 9.68. The average molecular weight is 441 g/mol. The molecular formula is C22H20FN3O4S. The number of anilines is 1. The summed E-state index contributed by atoms with van der Waals surface area (Å²) in [6.07, 6.45) is 2.16. The van der Waals surface area contributed by atoms with Crippen LogP contribution in [-0.2, 0) is 26.2 Å². The zero-order chi connectivity index (χ0) is 21.8. The number of hydrogen-bond acceptors (Lipinski definition) is 5. The van der Waals surface area contributed by atoms with E-state index in [4.69, 9.17) is 0 Å². The second kappa shape index (κ2) is 7.26. The molecule has 5 rings (SSSR count). The molecule has 2 heterocycles. The van der Waals surface area contributed by atoms with Crippen molar-refractivity contribution in [3.05, 3.63) is 59.9 Å². The smallest absolute Gasteiger partial charge is 0.286 e. The lowest BCUT2D eigenvalue weighted by molar-refractivity contribution is -0.149. The van der Waals surface area contributed by atoms with Crippen molar-refractivity contribution < 1.29 is 22.4 Å². The number of hydrogen-bond donors (Lipinski definition) is 1. The molecule has 160 valence electrons. The van der Waals surface area contributed by atoms with E-state index in [1.165, 1.54) is 18.2 Å². The van der Waals surface area contributed by atoms with E-state index in [1.807, 2.05) is 0 Å². The van der Waals surface area contributed by atoms with Gasteiger partial charge in [-0.1, -0.05) is 30.7 Å². The topological polar surface area (TPSA) is 95.9 Å². The Labute approximate surface area is 179 Å². The highest BCUT2D eigenvalue weighted by Gasteiger charge is 2.52. The molecule has 9 heteroatoms. The second-order valence-electron chi connectivity index (χ2n) is 8.11. The lowest BCUT2D eigenvalue weighted by Crippen LogP contribution is -2.58. The van der Waals surface area contributed by atoms with E-state index in [1.54, 1.807) is 35.2 Å². The molecule has 0 spiro atoms. The first-order valence-electron chi connectivity index (χ1n) is 10.1. The number of nitrogens with one attached hydrogen (secondary N) is 1. The minimum Gasteiger partial charge on any atom is -0.341 e. The van der Waals surface area contributed by atoms with Crippen molar-refractivity contribution >= 4 is 33.2 Å². The summed E-state index contributed by atoms with van der Waals surface area (Å²) in [5, 5.41) is 2.91. The number of halogens is 1. The molecule has 0 aromatic heterocycles. The van der Waals surface area contributed by atoms with Crippen LogP contribution in [0.1, 0.15) is 24.8 Å². The van der Waals surface area contributed by atoms with Crippen molar-refractivity contribution in [3.8, 4) is 0 Å². The zero-order valence-corrected chi connectivity index (χ0v) is 17.3. The van der Waals surface area contributed by atoms with Crippen LogP contribution in [0.2, 0.25) is 0 Å². The molecule has 1 amide bonds. The number of carbonyl (C=O) groups is 2. The summed E-state index contributed by atoms with van der Waals surface area (Å²) in [7, 11) is -4.03. The van der Waals surface area contributed by atoms with Gasteiger partial charge in [0.25, 0.3) is 10.0 Å². The van der Waals surface area contributed by atoms with Gasteiger partial charge >= 0.3 is 0 Å². The summed E-state index contributed by atoms with van der Waals surface area (Å²) in [4.78, 5) is 28.4. The molecule has 1 aliphatic carbocycles. The Morgan fingerprint density at radius 1 is 1.06 bits per heavy atom. The number of fused-ring (bicyclic) bond motifs is 2. The Morgan fingerprint density at radius 2 is 1.81 bits per heavy atom. The van der Waals surface area contributed by atoms with Gasteiger partial charge in [0.2, 0.25) is 5.91 Å². The molecule has 2 aromatic rings. The fourth-order valence-corrected chi connectivity index (χ4v) is 5.96. The Balaban J connectivity index is 1.53. The number of benzene rings is 2. The molecule has 0 bridgehead atoms. The molecule has 1 saturated heterocycles. The summed E-state index contributed by atoms with van der Waals surface area (Å²) in [5.41, 5.74) is 1.04. The van der Waals surface area contributed by atoms with E-state index < -0.39 is 21.8 Å². The van der Waals surface area contributed by atoms with E-state index in [0.29, 0.717) is 18.5 Å². The van der Waals surface area contributed by atoms with Crippen LogP contribution in [0.15, 0.2) is 57.8 Å². The number of ketones is 1. The van der Waals surface area contributed by atoms with Gasteiger partial charge < -0.3 is 10.2 Å². The van der Waals surface area contributed by atoms with Gasteiger partial charge in [-0.15, -0.1) is 4.40 Å². The summed E-state index contributed by atoms with van der Waals surface area (Å²) >= 11 is 0. The largest absolute Gasteiger partial charge is 0.341 e. The number of likely N-dealkylation sites (tertiary alicyclic amines) is 1. The van der Waals surface area contributed by atoms with Gasteiger partial charge in [-0.2, -0.15) is 8.42 Å². The number of piperidine rings is 1. The van der Waals surface area contributed by atoms with E-state index >= 15 is 0 Å². The molecule has 3 aliphatic rings. The van der Waals surface area contributed by atoms with Crippen molar-refractivity contribution in [2.24, 2.45) is 16.2 Å². The number of amidine groups is 1. The maximum atomic E-state index is 13.5. The van der Waals surface area contributed by atoms with E-state index in [-0.39, 0.29) is 40.8 Å². The number of amides is 1. The van der Waals surface area contributed by atoms with Crippen molar-refractivity contribution in [2.75, 3.05) is 5.32 Å². The Bertz CT molecular complexity index is 1210.